The van der Waals surface area contributed by atoms with Crippen LogP contribution in [0.5, 0.6) is 5.88 Å². The number of hydrogen-bond acceptors (Lipinski definition) is 2. The van der Waals surface area contributed by atoms with Crippen molar-refractivity contribution in [1.29, 1.82) is 0 Å². The first kappa shape index (κ1) is 8.05. The average Bonchev–Trinajstić information content (AvgIpc) is 2.06. The third-order valence-corrected chi connectivity index (χ3v) is 1.53. The minimum absolute atomic E-state index is 0.255. The molecule has 0 saturated heterocycles. The van der Waals surface area contributed by atoms with E-state index in [1.165, 1.54) is 0 Å². The maximum absolute atomic E-state index is 5.45. The van der Waals surface area contributed by atoms with Gasteiger partial charge in [-0.25, -0.2) is 4.98 Å². The number of ether oxygens (including phenoxy) is 1. The summed E-state index contributed by atoms with van der Waals surface area (Å²) >= 11 is 0. The van der Waals surface area contributed by atoms with Gasteiger partial charge in [-0.1, -0.05) is 13.0 Å². The molecule has 60 valence electrons. The van der Waals surface area contributed by atoms with E-state index in [9.17, 15) is 0 Å². The summed E-state index contributed by atoms with van der Waals surface area (Å²) in [6.07, 6.45) is 3.00. The Kier molecular flexibility index (Phi) is 2.90. The van der Waals surface area contributed by atoms with Gasteiger partial charge in [-0.3, -0.25) is 0 Å². The Labute approximate surface area is 67.2 Å². The molecular weight excluding hydrogens is 138 g/mol. The zero-order chi connectivity index (χ0) is 8.10. The highest BCUT2D eigenvalue weighted by Crippen LogP contribution is 2.07. The number of rotatable bonds is 3. The number of aromatic nitrogens is 1. The Hall–Kier alpha value is -1.05. The SMILES string of the molecule is CCC(C)Oc1ccccn1. The molecule has 11 heavy (non-hydrogen) atoms. The smallest absolute Gasteiger partial charge is 0.213 e. The molecule has 1 aromatic rings. The molecule has 0 fully saturated rings. The van der Waals surface area contributed by atoms with Crippen LogP contribution in [0.25, 0.3) is 0 Å². The minimum atomic E-state index is 0.255. The van der Waals surface area contributed by atoms with Gasteiger partial charge >= 0.3 is 0 Å². The standard InChI is InChI=1S/C9H13NO/c1-3-8(2)11-9-6-4-5-7-10-9/h4-8H,3H2,1-2H3. The first-order chi connectivity index (χ1) is 5.33. The fourth-order valence-electron chi connectivity index (χ4n) is 0.706. The van der Waals surface area contributed by atoms with Crippen LogP contribution in [0.4, 0.5) is 0 Å². The highest BCUT2D eigenvalue weighted by molar-refractivity contribution is 5.09. The molecule has 0 amide bonds. The lowest BCUT2D eigenvalue weighted by atomic mass is 10.3. The Morgan fingerprint density at radius 2 is 2.36 bits per heavy atom. The Morgan fingerprint density at radius 1 is 1.55 bits per heavy atom. The predicted molar refractivity (Wildman–Crippen MR) is 44.6 cm³/mol. The molecular formula is C9H13NO. The van der Waals surface area contributed by atoms with Crippen molar-refractivity contribution in [1.82, 2.24) is 4.98 Å². The normalized spacial score (nSPS) is 12.5. The topological polar surface area (TPSA) is 22.1 Å². The molecule has 0 aliphatic carbocycles. The van der Waals surface area contributed by atoms with Crippen LogP contribution in [0.1, 0.15) is 20.3 Å². The fourth-order valence-corrected chi connectivity index (χ4v) is 0.706. The monoisotopic (exact) mass is 151 g/mol. The Bertz CT molecular complexity index is 198. The molecule has 1 atom stereocenters. The molecule has 0 aliphatic rings. The lowest BCUT2D eigenvalue weighted by Gasteiger charge is -2.10. The molecule has 2 heteroatoms. The number of nitrogens with zero attached hydrogens (tertiary/aromatic N) is 1. The largest absolute Gasteiger partial charge is 0.475 e. The highest BCUT2D eigenvalue weighted by Gasteiger charge is 1.99. The second-order valence-electron chi connectivity index (χ2n) is 2.50. The van der Waals surface area contributed by atoms with Crippen LogP contribution >= 0.6 is 0 Å². The third kappa shape index (κ3) is 2.58. The molecule has 0 spiro atoms. The van der Waals surface area contributed by atoms with E-state index in [2.05, 4.69) is 11.9 Å². The molecule has 0 saturated carbocycles. The van der Waals surface area contributed by atoms with Crippen LogP contribution in [0.15, 0.2) is 24.4 Å². The van der Waals surface area contributed by atoms with Gasteiger partial charge in [-0.2, -0.15) is 0 Å². The second-order valence-corrected chi connectivity index (χ2v) is 2.50. The maximum Gasteiger partial charge on any atom is 0.213 e. The molecule has 0 bridgehead atoms. The number of pyridine rings is 1. The van der Waals surface area contributed by atoms with Crippen molar-refractivity contribution in [3.05, 3.63) is 24.4 Å². The molecule has 1 rings (SSSR count). The van der Waals surface area contributed by atoms with Crippen LogP contribution in [0.3, 0.4) is 0 Å². The van der Waals surface area contributed by atoms with E-state index in [1.807, 2.05) is 25.1 Å². The van der Waals surface area contributed by atoms with Crippen molar-refractivity contribution in [2.45, 2.75) is 26.4 Å². The molecule has 0 aromatic carbocycles. The summed E-state index contributed by atoms with van der Waals surface area (Å²) in [7, 11) is 0. The Balaban J connectivity index is 2.51. The average molecular weight is 151 g/mol. The van der Waals surface area contributed by atoms with E-state index >= 15 is 0 Å². The zero-order valence-corrected chi connectivity index (χ0v) is 6.95. The van der Waals surface area contributed by atoms with Gasteiger partial charge in [-0.15, -0.1) is 0 Å². The van der Waals surface area contributed by atoms with Crippen molar-refractivity contribution < 1.29 is 4.74 Å². The first-order valence-corrected chi connectivity index (χ1v) is 3.90. The molecule has 1 aromatic heterocycles. The molecule has 2 nitrogen and oxygen atoms in total. The molecule has 0 aliphatic heterocycles. The summed E-state index contributed by atoms with van der Waals surface area (Å²) in [6, 6.07) is 5.67. The van der Waals surface area contributed by atoms with Gasteiger partial charge < -0.3 is 4.74 Å². The summed E-state index contributed by atoms with van der Waals surface area (Å²) in [6.45, 7) is 4.13. The van der Waals surface area contributed by atoms with Crippen molar-refractivity contribution in [3.8, 4) is 5.88 Å². The van der Waals surface area contributed by atoms with Crippen LogP contribution < -0.4 is 4.74 Å². The van der Waals surface area contributed by atoms with E-state index in [1.54, 1.807) is 6.20 Å². The van der Waals surface area contributed by atoms with Crippen LogP contribution in [0, 0.1) is 0 Å². The Morgan fingerprint density at radius 3 is 2.91 bits per heavy atom. The van der Waals surface area contributed by atoms with Gasteiger partial charge in [0.05, 0.1) is 6.10 Å². The molecule has 1 unspecified atom stereocenters. The highest BCUT2D eigenvalue weighted by atomic mass is 16.5. The van der Waals surface area contributed by atoms with Crippen molar-refractivity contribution in [2.24, 2.45) is 0 Å². The van der Waals surface area contributed by atoms with Gasteiger partial charge in [0.25, 0.3) is 0 Å². The summed E-state index contributed by atoms with van der Waals surface area (Å²) < 4.78 is 5.45. The lowest BCUT2D eigenvalue weighted by Crippen LogP contribution is -2.10. The van der Waals surface area contributed by atoms with E-state index in [0.29, 0.717) is 5.88 Å². The van der Waals surface area contributed by atoms with E-state index in [0.717, 1.165) is 6.42 Å². The van der Waals surface area contributed by atoms with Crippen LogP contribution in [-0.2, 0) is 0 Å². The summed E-state index contributed by atoms with van der Waals surface area (Å²) in [5.41, 5.74) is 0. The summed E-state index contributed by atoms with van der Waals surface area (Å²) in [5, 5.41) is 0. The van der Waals surface area contributed by atoms with E-state index < -0.39 is 0 Å². The second kappa shape index (κ2) is 3.96. The van der Waals surface area contributed by atoms with Crippen molar-refractivity contribution in [2.75, 3.05) is 0 Å². The number of hydrogen-bond donors (Lipinski definition) is 0. The van der Waals surface area contributed by atoms with Crippen LogP contribution in [-0.4, -0.2) is 11.1 Å². The molecule has 1 heterocycles. The summed E-state index contributed by atoms with van der Waals surface area (Å²) in [4.78, 5) is 4.04. The molecule has 0 radical (unpaired) electrons. The predicted octanol–water partition coefficient (Wildman–Crippen LogP) is 2.26. The zero-order valence-electron chi connectivity index (χ0n) is 6.95. The van der Waals surface area contributed by atoms with Crippen molar-refractivity contribution >= 4 is 0 Å². The summed E-state index contributed by atoms with van der Waals surface area (Å²) in [5.74, 6) is 0.710. The van der Waals surface area contributed by atoms with Crippen molar-refractivity contribution in [3.63, 3.8) is 0 Å². The van der Waals surface area contributed by atoms with E-state index in [4.69, 9.17) is 4.74 Å². The van der Waals surface area contributed by atoms with Gasteiger partial charge in [0, 0.05) is 12.3 Å². The van der Waals surface area contributed by atoms with E-state index in [-0.39, 0.29) is 6.10 Å². The lowest BCUT2D eigenvalue weighted by molar-refractivity contribution is 0.208. The van der Waals surface area contributed by atoms with Gasteiger partial charge in [-0.05, 0) is 19.4 Å². The first-order valence-electron chi connectivity index (χ1n) is 3.90. The van der Waals surface area contributed by atoms with Gasteiger partial charge in [0.2, 0.25) is 5.88 Å². The van der Waals surface area contributed by atoms with Gasteiger partial charge in [0.15, 0.2) is 0 Å². The minimum Gasteiger partial charge on any atom is -0.475 e. The molecule has 0 N–H and O–H groups in total. The van der Waals surface area contributed by atoms with Gasteiger partial charge in [0.1, 0.15) is 0 Å². The fraction of sp³-hybridized carbons (Fsp3) is 0.444. The third-order valence-electron chi connectivity index (χ3n) is 1.53. The quantitative estimate of drug-likeness (QED) is 0.661. The van der Waals surface area contributed by atoms with Crippen LogP contribution in [0.2, 0.25) is 0 Å². The maximum atomic E-state index is 5.45.